The van der Waals surface area contributed by atoms with Crippen LogP contribution in [-0.4, -0.2) is 24.5 Å². The topological polar surface area (TPSA) is 29.3 Å². The van der Waals surface area contributed by atoms with Crippen molar-refractivity contribution in [3.63, 3.8) is 0 Å². The molecule has 0 aromatic carbocycles. The SMILES string of the molecule is CC1c2ccsc2CCN1CC1CCCC1CN. The lowest BCUT2D eigenvalue weighted by Gasteiger charge is -2.36. The van der Waals surface area contributed by atoms with E-state index in [9.17, 15) is 0 Å². The molecule has 1 aromatic rings. The molecule has 18 heavy (non-hydrogen) atoms. The first-order chi connectivity index (χ1) is 8.79. The van der Waals surface area contributed by atoms with Crippen molar-refractivity contribution < 1.29 is 0 Å². The van der Waals surface area contributed by atoms with Crippen LogP contribution in [0.3, 0.4) is 0 Å². The van der Waals surface area contributed by atoms with E-state index in [0.29, 0.717) is 6.04 Å². The van der Waals surface area contributed by atoms with E-state index >= 15 is 0 Å². The number of nitrogens with zero attached hydrogens (tertiary/aromatic N) is 1. The molecule has 1 aliphatic carbocycles. The molecule has 1 fully saturated rings. The van der Waals surface area contributed by atoms with E-state index in [1.807, 2.05) is 11.3 Å². The number of nitrogens with two attached hydrogens (primary N) is 1. The molecule has 3 heteroatoms. The van der Waals surface area contributed by atoms with Crippen LogP contribution in [0.4, 0.5) is 0 Å². The monoisotopic (exact) mass is 264 g/mol. The highest BCUT2D eigenvalue weighted by Gasteiger charge is 2.31. The van der Waals surface area contributed by atoms with Crippen molar-refractivity contribution >= 4 is 11.3 Å². The van der Waals surface area contributed by atoms with E-state index in [-0.39, 0.29) is 0 Å². The second kappa shape index (κ2) is 5.32. The van der Waals surface area contributed by atoms with E-state index in [4.69, 9.17) is 5.73 Å². The zero-order valence-electron chi connectivity index (χ0n) is 11.3. The fraction of sp³-hybridized carbons (Fsp3) is 0.733. The molecule has 2 nitrogen and oxygen atoms in total. The van der Waals surface area contributed by atoms with Gasteiger partial charge in [0.2, 0.25) is 0 Å². The molecule has 2 N–H and O–H groups in total. The summed E-state index contributed by atoms with van der Waals surface area (Å²) in [4.78, 5) is 4.30. The predicted octanol–water partition coefficient (Wildman–Crippen LogP) is 3.04. The van der Waals surface area contributed by atoms with Crippen LogP contribution in [-0.2, 0) is 6.42 Å². The Balaban J connectivity index is 1.67. The van der Waals surface area contributed by atoms with Gasteiger partial charge in [-0.15, -0.1) is 11.3 Å². The van der Waals surface area contributed by atoms with Crippen molar-refractivity contribution in [1.82, 2.24) is 4.90 Å². The first-order valence-corrected chi connectivity index (χ1v) is 8.18. The third-order valence-electron chi connectivity index (χ3n) is 4.99. The first-order valence-electron chi connectivity index (χ1n) is 7.30. The first kappa shape index (κ1) is 12.6. The summed E-state index contributed by atoms with van der Waals surface area (Å²) in [5, 5.41) is 2.25. The molecule has 0 radical (unpaired) electrons. The number of hydrogen-bond donors (Lipinski definition) is 1. The van der Waals surface area contributed by atoms with E-state index in [1.54, 1.807) is 10.4 Å². The fourth-order valence-electron chi connectivity index (χ4n) is 3.78. The highest BCUT2D eigenvalue weighted by atomic mass is 32.1. The van der Waals surface area contributed by atoms with Gasteiger partial charge < -0.3 is 5.73 Å². The van der Waals surface area contributed by atoms with Gasteiger partial charge in [-0.05, 0) is 61.6 Å². The summed E-state index contributed by atoms with van der Waals surface area (Å²) in [5.41, 5.74) is 7.48. The maximum absolute atomic E-state index is 5.91. The zero-order chi connectivity index (χ0) is 12.5. The smallest absolute Gasteiger partial charge is 0.0331 e. The summed E-state index contributed by atoms with van der Waals surface area (Å²) < 4.78 is 0. The number of fused-ring (bicyclic) bond motifs is 1. The molecule has 3 atom stereocenters. The molecule has 2 heterocycles. The number of rotatable bonds is 3. The second-order valence-corrected chi connectivity index (χ2v) is 6.91. The largest absolute Gasteiger partial charge is 0.330 e. The van der Waals surface area contributed by atoms with Gasteiger partial charge in [0.05, 0.1) is 0 Å². The molecular formula is C15H24N2S. The summed E-state index contributed by atoms with van der Waals surface area (Å²) >= 11 is 1.93. The van der Waals surface area contributed by atoms with E-state index in [1.165, 1.54) is 38.8 Å². The van der Waals surface area contributed by atoms with Gasteiger partial charge in [0.15, 0.2) is 0 Å². The lowest BCUT2D eigenvalue weighted by Crippen LogP contribution is -2.38. The van der Waals surface area contributed by atoms with Crippen molar-refractivity contribution in [2.75, 3.05) is 19.6 Å². The van der Waals surface area contributed by atoms with Gasteiger partial charge in [0, 0.05) is 24.0 Å². The van der Waals surface area contributed by atoms with Gasteiger partial charge in [-0.2, -0.15) is 0 Å². The minimum absolute atomic E-state index is 0.610. The van der Waals surface area contributed by atoms with E-state index in [0.717, 1.165) is 18.4 Å². The number of thiophene rings is 1. The normalized spacial score (nSPS) is 32.7. The van der Waals surface area contributed by atoms with Crippen molar-refractivity contribution in [3.8, 4) is 0 Å². The highest BCUT2D eigenvalue weighted by Crippen LogP contribution is 2.37. The maximum Gasteiger partial charge on any atom is 0.0331 e. The predicted molar refractivity (Wildman–Crippen MR) is 77.9 cm³/mol. The van der Waals surface area contributed by atoms with Gasteiger partial charge in [-0.3, -0.25) is 4.90 Å². The van der Waals surface area contributed by atoms with Crippen LogP contribution >= 0.6 is 11.3 Å². The lowest BCUT2D eigenvalue weighted by atomic mass is 9.93. The van der Waals surface area contributed by atoms with Crippen molar-refractivity contribution in [3.05, 3.63) is 21.9 Å². The third kappa shape index (κ3) is 2.24. The van der Waals surface area contributed by atoms with Crippen molar-refractivity contribution in [1.29, 1.82) is 0 Å². The Hall–Kier alpha value is -0.380. The van der Waals surface area contributed by atoms with Crippen LogP contribution in [0.15, 0.2) is 11.4 Å². The molecule has 0 amide bonds. The fourth-order valence-corrected chi connectivity index (χ4v) is 4.74. The van der Waals surface area contributed by atoms with Gasteiger partial charge in [-0.1, -0.05) is 6.42 Å². The van der Waals surface area contributed by atoms with Crippen LogP contribution in [0.1, 0.15) is 42.7 Å². The molecular weight excluding hydrogens is 240 g/mol. The molecule has 1 aromatic heterocycles. The summed E-state index contributed by atoms with van der Waals surface area (Å²) in [6.45, 7) is 5.76. The minimum atomic E-state index is 0.610. The zero-order valence-corrected chi connectivity index (χ0v) is 12.1. The van der Waals surface area contributed by atoms with Crippen molar-refractivity contribution in [2.24, 2.45) is 17.6 Å². The molecule has 0 saturated heterocycles. The molecule has 2 aliphatic rings. The molecule has 3 rings (SSSR count). The minimum Gasteiger partial charge on any atom is -0.330 e. The van der Waals surface area contributed by atoms with Crippen LogP contribution in [0.5, 0.6) is 0 Å². The molecule has 1 saturated carbocycles. The van der Waals surface area contributed by atoms with Gasteiger partial charge in [0.25, 0.3) is 0 Å². The molecule has 100 valence electrons. The Bertz CT molecular complexity index is 401. The van der Waals surface area contributed by atoms with Gasteiger partial charge in [-0.25, -0.2) is 0 Å². The summed E-state index contributed by atoms with van der Waals surface area (Å²) in [7, 11) is 0. The molecule has 0 bridgehead atoms. The standard InChI is InChI=1S/C15H24N2S/c1-11-14-6-8-18-15(14)5-7-17(11)10-13-4-2-3-12(13)9-16/h6,8,11-13H,2-5,7,9-10,16H2,1H3. The van der Waals surface area contributed by atoms with Crippen LogP contribution in [0, 0.1) is 11.8 Å². The van der Waals surface area contributed by atoms with E-state index < -0.39 is 0 Å². The third-order valence-corrected chi connectivity index (χ3v) is 5.99. The maximum atomic E-state index is 5.91. The summed E-state index contributed by atoms with van der Waals surface area (Å²) in [5.74, 6) is 1.62. The molecule has 3 unspecified atom stereocenters. The van der Waals surface area contributed by atoms with Gasteiger partial charge >= 0.3 is 0 Å². The van der Waals surface area contributed by atoms with Crippen LogP contribution in [0.25, 0.3) is 0 Å². The highest BCUT2D eigenvalue weighted by molar-refractivity contribution is 7.10. The molecule has 0 spiro atoms. The van der Waals surface area contributed by atoms with Gasteiger partial charge in [0.1, 0.15) is 0 Å². The van der Waals surface area contributed by atoms with Crippen LogP contribution < -0.4 is 5.73 Å². The Morgan fingerprint density at radius 1 is 1.39 bits per heavy atom. The average molecular weight is 264 g/mol. The Kier molecular flexibility index (Phi) is 3.73. The second-order valence-electron chi connectivity index (χ2n) is 5.91. The Morgan fingerprint density at radius 2 is 2.22 bits per heavy atom. The Morgan fingerprint density at radius 3 is 3.06 bits per heavy atom. The Labute approximate surface area is 114 Å². The van der Waals surface area contributed by atoms with Crippen LogP contribution in [0.2, 0.25) is 0 Å². The lowest BCUT2D eigenvalue weighted by molar-refractivity contribution is 0.153. The van der Waals surface area contributed by atoms with Crippen molar-refractivity contribution in [2.45, 2.75) is 38.6 Å². The molecule has 1 aliphatic heterocycles. The van der Waals surface area contributed by atoms with E-state index in [2.05, 4.69) is 23.3 Å². The summed E-state index contributed by atoms with van der Waals surface area (Å²) in [6.07, 6.45) is 5.38. The number of hydrogen-bond acceptors (Lipinski definition) is 3. The quantitative estimate of drug-likeness (QED) is 0.909. The average Bonchev–Trinajstić information content (AvgIpc) is 3.01. The summed E-state index contributed by atoms with van der Waals surface area (Å²) in [6, 6.07) is 2.94.